The van der Waals surface area contributed by atoms with Gasteiger partial charge in [0.2, 0.25) is 5.90 Å². The number of nitrogens with zero attached hydrogens (tertiary/aromatic N) is 1. The SMILES string of the molecule is O=C1OC(c2ccccc2)=NC1=Cc1ccccc1OCc1cccc(F)c1. The van der Waals surface area contributed by atoms with Crippen LogP contribution in [0.15, 0.2) is 89.6 Å². The van der Waals surface area contributed by atoms with Crippen LogP contribution in [-0.4, -0.2) is 11.9 Å². The molecule has 0 fully saturated rings. The summed E-state index contributed by atoms with van der Waals surface area (Å²) in [5, 5.41) is 0. The molecule has 0 aromatic heterocycles. The van der Waals surface area contributed by atoms with Crippen molar-refractivity contribution in [1.82, 2.24) is 0 Å². The van der Waals surface area contributed by atoms with E-state index in [1.807, 2.05) is 48.5 Å². The van der Waals surface area contributed by atoms with Crippen molar-refractivity contribution in [3.63, 3.8) is 0 Å². The predicted molar refractivity (Wildman–Crippen MR) is 104 cm³/mol. The van der Waals surface area contributed by atoms with E-state index in [1.54, 1.807) is 24.3 Å². The third-order valence-corrected chi connectivity index (χ3v) is 4.14. The quantitative estimate of drug-likeness (QED) is 0.479. The summed E-state index contributed by atoms with van der Waals surface area (Å²) in [6, 6.07) is 22.7. The zero-order valence-corrected chi connectivity index (χ0v) is 14.8. The second-order valence-corrected chi connectivity index (χ2v) is 6.16. The molecule has 138 valence electrons. The molecule has 0 spiro atoms. The van der Waals surface area contributed by atoms with Crippen molar-refractivity contribution in [1.29, 1.82) is 0 Å². The van der Waals surface area contributed by atoms with Gasteiger partial charge in [0, 0.05) is 11.1 Å². The number of hydrogen-bond acceptors (Lipinski definition) is 4. The average Bonchev–Trinajstić information content (AvgIpc) is 3.08. The predicted octanol–water partition coefficient (Wildman–Crippen LogP) is 4.75. The smallest absolute Gasteiger partial charge is 0.363 e. The van der Waals surface area contributed by atoms with E-state index in [4.69, 9.17) is 9.47 Å². The van der Waals surface area contributed by atoms with Gasteiger partial charge in [-0.3, -0.25) is 0 Å². The zero-order valence-electron chi connectivity index (χ0n) is 14.8. The molecule has 1 heterocycles. The number of esters is 1. The van der Waals surface area contributed by atoms with E-state index < -0.39 is 5.97 Å². The van der Waals surface area contributed by atoms with Crippen LogP contribution in [0.3, 0.4) is 0 Å². The highest BCUT2D eigenvalue weighted by Gasteiger charge is 2.24. The van der Waals surface area contributed by atoms with Crippen molar-refractivity contribution < 1.29 is 18.7 Å². The maximum atomic E-state index is 13.3. The first-order valence-electron chi connectivity index (χ1n) is 8.73. The van der Waals surface area contributed by atoms with E-state index in [9.17, 15) is 9.18 Å². The summed E-state index contributed by atoms with van der Waals surface area (Å²) >= 11 is 0. The summed E-state index contributed by atoms with van der Waals surface area (Å²) in [4.78, 5) is 16.5. The minimum Gasteiger partial charge on any atom is -0.488 e. The number of cyclic esters (lactones) is 1. The third kappa shape index (κ3) is 3.99. The zero-order chi connectivity index (χ0) is 19.3. The molecule has 4 rings (SSSR count). The molecule has 1 aliphatic rings. The molecule has 0 radical (unpaired) electrons. The molecule has 0 amide bonds. The number of carbonyl (C=O) groups is 1. The Morgan fingerprint density at radius 2 is 1.75 bits per heavy atom. The number of halogens is 1. The number of carbonyl (C=O) groups excluding carboxylic acids is 1. The Morgan fingerprint density at radius 3 is 2.57 bits per heavy atom. The number of para-hydroxylation sites is 1. The molecule has 0 bridgehead atoms. The number of ether oxygens (including phenoxy) is 2. The van der Waals surface area contributed by atoms with Crippen LogP contribution in [0.4, 0.5) is 4.39 Å². The number of rotatable bonds is 5. The summed E-state index contributed by atoms with van der Waals surface area (Å²) in [5.41, 5.74) is 2.33. The lowest BCUT2D eigenvalue weighted by atomic mass is 10.1. The maximum Gasteiger partial charge on any atom is 0.363 e. The molecule has 5 heteroatoms. The Bertz CT molecular complexity index is 1070. The van der Waals surface area contributed by atoms with Crippen LogP contribution >= 0.6 is 0 Å². The largest absolute Gasteiger partial charge is 0.488 e. The van der Waals surface area contributed by atoms with Gasteiger partial charge < -0.3 is 9.47 Å². The Morgan fingerprint density at radius 1 is 0.964 bits per heavy atom. The van der Waals surface area contributed by atoms with E-state index >= 15 is 0 Å². The molecule has 3 aromatic carbocycles. The van der Waals surface area contributed by atoms with Crippen LogP contribution < -0.4 is 4.74 Å². The van der Waals surface area contributed by atoms with Gasteiger partial charge in [-0.2, -0.15) is 0 Å². The van der Waals surface area contributed by atoms with E-state index in [1.165, 1.54) is 12.1 Å². The minimum atomic E-state index is -0.515. The van der Waals surface area contributed by atoms with E-state index in [2.05, 4.69) is 4.99 Å². The molecule has 0 aliphatic carbocycles. The van der Waals surface area contributed by atoms with Crippen LogP contribution in [0.5, 0.6) is 5.75 Å². The fourth-order valence-corrected chi connectivity index (χ4v) is 2.78. The van der Waals surface area contributed by atoms with Crippen LogP contribution in [0.1, 0.15) is 16.7 Å². The number of benzene rings is 3. The van der Waals surface area contributed by atoms with Gasteiger partial charge >= 0.3 is 5.97 Å². The lowest BCUT2D eigenvalue weighted by molar-refractivity contribution is -0.129. The summed E-state index contributed by atoms with van der Waals surface area (Å²) in [6.07, 6.45) is 1.62. The van der Waals surface area contributed by atoms with E-state index in [0.717, 1.165) is 5.56 Å². The van der Waals surface area contributed by atoms with Crippen molar-refractivity contribution >= 4 is 17.9 Å². The lowest BCUT2D eigenvalue weighted by Crippen LogP contribution is -2.05. The van der Waals surface area contributed by atoms with Gasteiger partial charge in [-0.15, -0.1) is 0 Å². The fourth-order valence-electron chi connectivity index (χ4n) is 2.78. The van der Waals surface area contributed by atoms with Crippen LogP contribution in [0, 0.1) is 5.82 Å². The topological polar surface area (TPSA) is 47.9 Å². The van der Waals surface area contributed by atoms with Crippen LogP contribution in [0.2, 0.25) is 0 Å². The molecule has 0 atom stereocenters. The van der Waals surface area contributed by atoms with E-state index in [-0.39, 0.29) is 24.0 Å². The van der Waals surface area contributed by atoms with E-state index in [0.29, 0.717) is 16.9 Å². The van der Waals surface area contributed by atoms with Gasteiger partial charge in [0.05, 0.1) is 0 Å². The Balaban J connectivity index is 1.58. The molecule has 0 unspecified atom stereocenters. The Hall–Kier alpha value is -3.73. The standard InChI is InChI=1S/C23H16FNO3/c24-19-11-6-7-16(13-19)15-27-21-12-5-4-10-18(21)14-20-23(26)28-22(25-20)17-8-2-1-3-9-17/h1-14H,15H2. The molecule has 3 aromatic rings. The first-order chi connectivity index (χ1) is 13.7. The first-order valence-corrected chi connectivity index (χ1v) is 8.73. The summed E-state index contributed by atoms with van der Waals surface area (Å²) in [7, 11) is 0. The van der Waals surface area contributed by atoms with Crippen molar-refractivity contribution in [2.75, 3.05) is 0 Å². The lowest BCUT2D eigenvalue weighted by Gasteiger charge is -2.09. The van der Waals surface area contributed by atoms with Crippen molar-refractivity contribution in [3.05, 3.63) is 107 Å². The molecule has 28 heavy (non-hydrogen) atoms. The summed E-state index contributed by atoms with van der Waals surface area (Å²) in [5.74, 6) is 0.0113. The normalized spacial score (nSPS) is 14.7. The Kier molecular flexibility index (Phi) is 4.97. The second-order valence-electron chi connectivity index (χ2n) is 6.16. The summed E-state index contributed by atoms with van der Waals surface area (Å²) < 4.78 is 24.4. The molecule has 1 aliphatic heterocycles. The monoisotopic (exact) mass is 373 g/mol. The van der Waals surface area contributed by atoms with Gasteiger partial charge in [-0.25, -0.2) is 14.2 Å². The molecule has 4 nitrogen and oxygen atoms in total. The highest BCUT2D eigenvalue weighted by atomic mass is 19.1. The molecular formula is C23H16FNO3. The van der Waals surface area contributed by atoms with Gasteiger partial charge in [0.15, 0.2) is 5.70 Å². The van der Waals surface area contributed by atoms with Crippen molar-refractivity contribution in [2.24, 2.45) is 4.99 Å². The minimum absolute atomic E-state index is 0.195. The second kappa shape index (κ2) is 7.88. The third-order valence-electron chi connectivity index (χ3n) is 4.14. The maximum absolute atomic E-state index is 13.3. The van der Waals surface area contributed by atoms with Crippen molar-refractivity contribution in [2.45, 2.75) is 6.61 Å². The summed E-state index contributed by atoms with van der Waals surface area (Å²) in [6.45, 7) is 0.209. The van der Waals surface area contributed by atoms with Crippen molar-refractivity contribution in [3.8, 4) is 5.75 Å². The van der Waals surface area contributed by atoms with Gasteiger partial charge in [-0.05, 0) is 42.0 Å². The molecule has 0 N–H and O–H groups in total. The highest BCUT2D eigenvalue weighted by molar-refractivity contribution is 6.12. The molecule has 0 saturated heterocycles. The van der Waals surface area contributed by atoms with Gasteiger partial charge in [-0.1, -0.05) is 48.5 Å². The highest BCUT2D eigenvalue weighted by Crippen LogP contribution is 2.25. The van der Waals surface area contributed by atoms with Gasteiger partial charge in [0.25, 0.3) is 0 Å². The molecular weight excluding hydrogens is 357 g/mol. The average molecular weight is 373 g/mol. The molecule has 0 saturated carbocycles. The Labute approximate surface area is 161 Å². The number of hydrogen-bond donors (Lipinski definition) is 0. The van der Waals surface area contributed by atoms with Crippen LogP contribution in [-0.2, 0) is 16.1 Å². The van der Waals surface area contributed by atoms with Crippen LogP contribution in [0.25, 0.3) is 6.08 Å². The first kappa shape index (κ1) is 17.7. The fraction of sp³-hybridized carbons (Fsp3) is 0.0435. The number of aliphatic imine (C=N–C) groups is 1. The van der Waals surface area contributed by atoms with Gasteiger partial charge in [0.1, 0.15) is 18.2 Å².